The van der Waals surface area contributed by atoms with Crippen molar-refractivity contribution >= 4 is 12.0 Å². The van der Waals surface area contributed by atoms with Gasteiger partial charge in [0.2, 0.25) is 0 Å². The van der Waals surface area contributed by atoms with E-state index in [2.05, 4.69) is 15.4 Å². The van der Waals surface area contributed by atoms with Crippen molar-refractivity contribution in [2.24, 2.45) is 0 Å². The molecule has 0 radical (unpaired) electrons. The average molecular weight is 401 g/mol. The maximum atomic E-state index is 12.4. The zero-order valence-electron chi connectivity index (χ0n) is 16.8. The Bertz CT molecular complexity index is 1040. The van der Waals surface area contributed by atoms with Crippen molar-refractivity contribution in [1.82, 2.24) is 20.1 Å². The van der Waals surface area contributed by atoms with Crippen molar-refractivity contribution < 1.29 is 9.53 Å². The number of amides is 1. The topological polar surface area (TPSA) is 92.8 Å². The molecule has 2 heterocycles. The molecule has 0 aliphatic rings. The van der Waals surface area contributed by atoms with Crippen molar-refractivity contribution in [2.45, 2.75) is 13.0 Å². The predicted molar refractivity (Wildman–Crippen MR) is 114 cm³/mol. The van der Waals surface area contributed by atoms with Crippen LogP contribution in [0.5, 0.6) is 0 Å². The van der Waals surface area contributed by atoms with Gasteiger partial charge < -0.3 is 10.1 Å². The number of methoxy groups -OCH3 is 1. The monoisotopic (exact) mass is 401 g/mol. The van der Waals surface area contributed by atoms with E-state index >= 15 is 0 Å². The molecule has 0 saturated carbocycles. The lowest BCUT2D eigenvalue weighted by Gasteiger charge is -2.04. The van der Waals surface area contributed by atoms with Crippen LogP contribution >= 0.6 is 0 Å². The Kier molecular flexibility index (Phi) is 7.47. The largest absolute Gasteiger partial charge is 0.385 e. The molecule has 7 nitrogen and oxygen atoms in total. The molecular formula is C23H23N5O2. The fraction of sp³-hybridized carbons (Fsp3) is 0.217. The smallest absolute Gasteiger partial charge is 0.261 e. The molecule has 0 atom stereocenters. The van der Waals surface area contributed by atoms with Crippen molar-refractivity contribution in [3.05, 3.63) is 77.8 Å². The highest BCUT2D eigenvalue weighted by atomic mass is 16.5. The number of rotatable bonds is 9. The first-order valence-electron chi connectivity index (χ1n) is 9.62. The number of nitrogens with zero attached hydrogens (tertiary/aromatic N) is 4. The van der Waals surface area contributed by atoms with E-state index in [1.165, 1.54) is 0 Å². The summed E-state index contributed by atoms with van der Waals surface area (Å²) in [4.78, 5) is 16.6. The number of hydrogen-bond acceptors (Lipinski definition) is 5. The van der Waals surface area contributed by atoms with Crippen LogP contribution in [0.4, 0.5) is 0 Å². The van der Waals surface area contributed by atoms with Crippen LogP contribution in [0.3, 0.4) is 0 Å². The Labute approximate surface area is 175 Å². The van der Waals surface area contributed by atoms with Crippen LogP contribution in [-0.4, -0.2) is 40.9 Å². The third-order valence-electron chi connectivity index (χ3n) is 4.39. The first-order chi connectivity index (χ1) is 14.7. The van der Waals surface area contributed by atoms with E-state index < -0.39 is 5.91 Å². The van der Waals surface area contributed by atoms with Crippen LogP contribution in [0, 0.1) is 11.3 Å². The van der Waals surface area contributed by atoms with Gasteiger partial charge in [-0.3, -0.25) is 14.5 Å². The molecule has 3 aromatic rings. The molecule has 1 aromatic carbocycles. The van der Waals surface area contributed by atoms with E-state index in [1.54, 1.807) is 30.3 Å². The van der Waals surface area contributed by atoms with Crippen molar-refractivity contribution in [1.29, 1.82) is 5.26 Å². The lowest BCUT2D eigenvalue weighted by molar-refractivity contribution is -0.117. The van der Waals surface area contributed by atoms with Crippen LogP contribution in [0.1, 0.15) is 17.5 Å². The number of aromatic nitrogens is 3. The Hall–Kier alpha value is -3.76. The van der Waals surface area contributed by atoms with E-state index in [9.17, 15) is 10.1 Å². The van der Waals surface area contributed by atoms with Gasteiger partial charge in [0, 0.05) is 50.0 Å². The average Bonchev–Trinajstić information content (AvgIpc) is 3.18. The minimum Gasteiger partial charge on any atom is -0.385 e. The SMILES string of the molecule is COCCCNC(=O)/C(C#N)=C/c1cn(Cc2ccccc2)nc1-c1cccnc1. The molecule has 0 aliphatic carbocycles. The maximum absolute atomic E-state index is 12.4. The first-order valence-corrected chi connectivity index (χ1v) is 9.62. The van der Waals surface area contributed by atoms with Crippen molar-refractivity contribution in [3.63, 3.8) is 0 Å². The zero-order valence-corrected chi connectivity index (χ0v) is 16.8. The van der Waals surface area contributed by atoms with Gasteiger partial charge in [0.15, 0.2) is 0 Å². The van der Waals surface area contributed by atoms with Gasteiger partial charge in [0.05, 0.1) is 6.54 Å². The Morgan fingerprint density at radius 1 is 1.27 bits per heavy atom. The molecule has 0 fully saturated rings. The molecule has 152 valence electrons. The molecule has 0 saturated heterocycles. The lowest BCUT2D eigenvalue weighted by atomic mass is 10.1. The van der Waals surface area contributed by atoms with Gasteiger partial charge in [0.25, 0.3) is 5.91 Å². The second kappa shape index (κ2) is 10.7. The molecule has 0 bridgehead atoms. The van der Waals surface area contributed by atoms with Crippen LogP contribution in [0.15, 0.2) is 66.6 Å². The van der Waals surface area contributed by atoms with Crippen LogP contribution < -0.4 is 5.32 Å². The molecule has 0 spiro atoms. The third kappa shape index (κ3) is 5.63. The summed E-state index contributed by atoms with van der Waals surface area (Å²) < 4.78 is 6.78. The summed E-state index contributed by atoms with van der Waals surface area (Å²) in [5.74, 6) is -0.415. The Morgan fingerprint density at radius 3 is 2.80 bits per heavy atom. The summed E-state index contributed by atoms with van der Waals surface area (Å²) in [6, 6.07) is 15.7. The predicted octanol–water partition coefficient (Wildman–Crippen LogP) is 3.05. The fourth-order valence-electron chi connectivity index (χ4n) is 2.94. The highest BCUT2D eigenvalue weighted by molar-refractivity contribution is 6.02. The van der Waals surface area contributed by atoms with Gasteiger partial charge in [-0.25, -0.2) is 0 Å². The van der Waals surface area contributed by atoms with E-state index in [1.807, 2.05) is 54.7 Å². The van der Waals surface area contributed by atoms with E-state index in [4.69, 9.17) is 4.74 Å². The van der Waals surface area contributed by atoms with Gasteiger partial charge in [-0.15, -0.1) is 0 Å². The quantitative estimate of drug-likeness (QED) is 0.338. The van der Waals surface area contributed by atoms with Gasteiger partial charge >= 0.3 is 0 Å². The van der Waals surface area contributed by atoms with Crippen LogP contribution in [0.25, 0.3) is 17.3 Å². The lowest BCUT2D eigenvalue weighted by Crippen LogP contribution is -2.26. The van der Waals surface area contributed by atoms with E-state index in [0.717, 1.165) is 11.1 Å². The summed E-state index contributed by atoms with van der Waals surface area (Å²) in [7, 11) is 1.61. The number of ether oxygens (including phenoxy) is 1. The number of nitriles is 1. The van der Waals surface area contributed by atoms with Gasteiger partial charge in [0.1, 0.15) is 17.3 Å². The first kappa shape index (κ1) is 21.0. The standard InChI is InChI=1S/C23H23N5O2/c1-30-12-6-11-26-23(29)20(14-24)13-21-17-28(16-18-7-3-2-4-8-18)27-22(21)19-9-5-10-25-15-19/h2-5,7-10,13,15,17H,6,11-12,16H2,1H3,(H,26,29)/b20-13+. The fourth-order valence-corrected chi connectivity index (χ4v) is 2.94. The van der Waals surface area contributed by atoms with Crippen LogP contribution in [0.2, 0.25) is 0 Å². The minimum absolute atomic E-state index is 0.0248. The number of pyridine rings is 1. The van der Waals surface area contributed by atoms with Crippen LogP contribution in [-0.2, 0) is 16.1 Å². The Morgan fingerprint density at radius 2 is 2.10 bits per heavy atom. The summed E-state index contributed by atoms with van der Waals surface area (Å²) in [5, 5.41) is 16.9. The molecule has 0 unspecified atom stereocenters. The molecule has 3 rings (SSSR count). The number of carbonyl (C=O) groups excluding carboxylic acids is 1. The summed E-state index contributed by atoms with van der Waals surface area (Å²) in [6.07, 6.45) is 7.49. The van der Waals surface area contributed by atoms with E-state index in [-0.39, 0.29) is 5.57 Å². The maximum Gasteiger partial charge on any atom is 0.261 e. The minimum atomic E-state index is -0.415. The highest BCUT2D eigenvalue weighted by Crippen LogP contribution is 2.24. The second-order valence-electron chi connectivity index (χ2n) is 6.63. The molecule has 0 aliphatic heterocycles. The second-order valence-corrected chi connectivity index (χ2v) is 6.63. The number of carbonyl (C=O) groups is 1. The van der Waals surface area contributed by atoms with Gasteiger partial charge in [-0.1, -0.05) is 30.3 Å². The number of benzene rings is 1. The Balaban J connectivity index is 1.90. The van der Waals surface area contributed by atoms with Crippen molar-refractivity contribution in [2.75, 3.05) is 20.3 Å². The van der Waals surface area contributed by atoms with Gasteiger partial charge in [-0.05, 0) is 30.2 Å². The number of hydrogen-bond donors (Lipinski definition) is 1. The van der Waals surface area contributed by atoms with E-state index in [0.29, 0.717) is 37.4 Å². The highest BCUT2D eigenvalue weighted by Gasteiger charge is 2.14. The molecule has 1 amide bonds. The summed E-state index contributed by atoms with van der Waals surface area (Å²) in [5.41, 5.74) is 3.29. The summed E-state index contributed by atoms with van der Waals surface area (Å²) >= 11 is 0. The number of nitrogens with one attached hydrogen (secondary N) is 1. The molecule has 1 N–H and O–H groups in total. The zero-order chi connectivity index (χ0) is 21.2. The van der Waals surface area contributed by atoms with Crippen molar-refractivity contribution in [3.8, 4) is 17.3 Å². The molecule has 30 heavy (non-hydrogen) atoms. The molecule has 7 heteroatoms. The molecular weight excluding hydrogens is 378 g/mol. The molecule has 2 aromatic heterocycles. The summed E-state index contributed by atoms with van der Waals surface area (Å²) in [6.45, 7) is 1.56. The van der Waals surface area contributed by atoms with Gasteiger partial charge in [-0.2, -0.15) is 10.4 Å². The normalized spacial score (nSPS) is 11.1. The third-order valence-corrected chi connectivity index (χ3v) is 4.39.